The molecule has 3 rings (SSSR count). The van der Waals surface area contributed by atoms with Crippen molar-refractivity contribution >= 4 is 40.6 Å². The number of unbranched alkanes of at least 4 members (excludes halogenated alkanes) is 1. The number of anilines is 1. The number of benzene rings is 2. The van der Waals surface area contributed by atoms with E-state index in [4.69, 9.17) is 9.47 Å². The van der Waals surface area contributed by atoms with Crippen LogP contribution in [0.15, 0.2) is 41.3 Å². The van der Waals surface area contributed by atoms with Crippen LogP contribution in [0.4, 0.5) is 19.3 Å². The number of nitrogens with zero attached hydrogens (tertiary/aromatic N) is 1. The number of methoxy groups -OCH3 is 1. The van der Waals surface area contributed by atoms with E-state index in [0.29, 0.717) is 41.5 Å². The molecule has 2 aromatic rings. The lowest BCUT2D eigenvalue weighted by Crippen LogP contribution is -2.36. The Hall–Kier alpha value is -3.40. The average molecular weight is 477 g/mol. The maximum absolute atomic E-state index is 13.7. The molecule has 1 aliphatic rings. The quantitative estimate of drug-likeness (QED) is 0.412. The fourth-order valence-electron chi connectivity index (χ4n) is 2.93. The van der Waals surface area contributed by atoms with E-state index in [1.807, 2.05) is 0 Å². The first kappa shape index (κ1) is 24.2. The Balaban J connectivity index is 1.69. The standard InChI is InChI=1S/C23H22F2N2O5S/c1-3-4-9-32-18-8-5-14(10-19(18)31-2)11-20-22(29)27(23(30)33-20)13-21(28)26-17-7-6-15(24)12-16(17)25/h5-8,10-12H,3-4,9,13H2,1-2H3,(H,26,28)/b20-11-. The van der Waals surface area contributed by atoms with Crippen LogP contribution in [0.1, 0.15) is 25.3 Å². The molecule has 0 unspecified atom stereocenters. The summed E-state index contributed by atoms with van der Waals surface area (Å²) in [5, 5.41) is 1.59. The van der Waals surface area contributed by atoms with Crippen molar-refractivity contribution in [2.45, 2.75) is 19.8 Å². The Bertz CT molecular complexity index is 1110. The Morgan fingerprint density at radius 3 is 2.64 bits per heavy atom. The van der Waals surface area contributed by atoms with Crippen LogP contribution in [0.2, 0.25) is 0 Å². The van der Waals surface area contributed by atoms with Crippen molar-refractivity contribution < 1.29 is 32.6 Å². The summed E-state index contributed by atoms with van der Waals surface area (Å²) in [5.41, 5.74) is 0.357. The summed E-state index contributed by atoms with van der Waals surface area (Å²) in [6, 6.07) is 7.78. The van der Waals surface area contributed by atoms with Crippen LogP contribution in [0.25, 0.3) is 6.08 Å². The number of ether oxygens (including phenoxy) is 2. The molecule has 7 nitrogen and oxygen atoms in total. The first-order valence-electron chi connectivity index (χ1n) is 10.1. The van der Waals surface area contributed by atoms with Gasteiger partial charge in [-0.3, -0.25) is 19.3 Å². The van der Waals surface area contributed by atoms with E-state index in [2.05, 4.69) is 12.2 Å². The topological polar surface area (TPSA) is 84.9 Å². The molecule has 1 fully saturated rings. The minimum atomic E-state index is -0.964. The van der Waals surface area contributed by atoms with Gasteiger partial charge in [0.05, 0.1) is 24.3 Å². The third-order valence-corrected chi connectivity index (χ3v) is 5.53. The average Bonchev–Trinajstić information content (AvgIpc) is 3.04. The van der Waals surface area contributed by atoms with E-state index in [1.165, 1.54) is 13.2 Å². The molecule has 3 amide bonds. The summed E-state index contributed by atoms with van der Waals surface area (Å²) in [6.45, 7) is 2.00. The highest BCUT2D eigenvalue weighted by Gasteiger charge is 2.36. The number of hydrogen-bond acceptors (Lipinski definition) is 6. The summed E-state index contributed by atoms with van der Waals surface area (Å²) in [6.07, 6.45) is 3.41. The van der Waals surface area contributed by atoms with Crippen molar-refractivity contribution in [2.24, 2.45) is 0 Å². The van der Waals surface area contributed by atoms with Crippen LogP contribution in [-0.2, 0) is 9.59 Å². The molecule has 0 spiro atoms. The fraction of sp³-hybridized carbons (Fsp3) is 0.261. The maximum Gasteiger partial charge on any atom is 0.294 e. The second-order valence-electron chi connectivity index (χ2n) is 7.05. The third-order valence-electron chi connectivity index (χ3n) is 4.62. The molecule has 2 aromatic carbocycles. The van der Waals surface area contributed by atoms with Gasteiger partial charge in [-0.05, 0) is 54.1 Å². The highest BCUT2D eigenvalue weighted by atomic mass is 32.2. The molecule has 1 N–H and O–H groups in total. The highest BCUT2D eigenvalue weighted by molar-refractivity contribution is 8.18. The molecule has 10 heteroatoms. The van der Waals surface area contributed by atoms with Gasteiger partial charge in [-0.2, -0.15) is 0 Å². The fourth-order valence-corrected chi connectivity index (χ4v) is 3.77. The first-order chi connectivity index (χ1) is 15.8. The normalized spacial score (nSPS) is 14.7. The second kappa shape index (κ2) is 11.0. The van der Waals surface area contributed by atoms with Crippen molar-refractivity contribution in [3.63, 3.8) is 0 Å². The molecule has 174 valence electrons. The molecule has 1 aliphatic heterocycles. The largest absolute Gasteiger partial charge is 0.493 e. The van der Waals surface area contributed by atoms with Crippen LogP contribution in [0.5, 0.6) is 11.5 Å². The zero-order valence-electron chi connectivity index (χ0n) is 18.0. The van der Waals surface area contributed by atoms with Gasteiger partial charge in [-0.1, -0.05) is 19.4 Å². The second-order valence-corrected chi connectivity index (χ2v) is 8.05. The number of imide groups is 1. The molecule has 0 radical (unpaired) electrons. The molecule has 1 heterocycles. The number of rotatable bonds is 9. The van der Waals surface area contributed by atoms with Gasteiger partial charge in [-0.25, -0.2) is 8.78 Å². The zero-order valence-corrected chi connectivity index (χ0v) is 18.8. The summed E-state index contributed by atoms with van der Waals surface area (Å²) < 4.78 is 37.8. The molecule has 0 aliphatic carbocycles. The SMILES string of the molecule is CCCCOc1ccc(/C=C2\SC(=O)N(CC(=O)Nc3ccc(F)cc3F)C2=O)cc1OC. The molecule has 0 atom stereocenters. The molecular weight excluding hydrogens is 454 g/mol. The number of carbonyl (C=O) groups excluding carboxylic acids is 3. The Morgan fingerprint density at radius 1 is 1.15 bits per heavy atom. The number of thioether (sulfide) groups is 1. The van der Waals surface area contributed by atoms with E-state index >= 15 is 0 Å². The number of carbonyl (C=O) groups is 3. The monoisotopic (exact) mass is 476 g/mol. The van der Waals surface area contributed by atoms with Crippen LogP contribution >= 0.6 is 11.8 Å². The molecule has 33 heavy (non-hydrogen) atoms. The molecule has 0 bridgehead atoms. The van der Waals surface area contributed by atoms with Crippen LogP contribution in [0.3, 0.4) is 0 Å². The lowest BCUT2D eigenvalue weighted by Gasteiger charge is -2.13. The smallest absolute Gasteiger partial charge is 0.294 e. The van der Waals surface area contributed by atoms with Gasteiger partial charge in [0.15, 0.2) is 11.5 Å². The lowest BCUT2D eigenvalue weighted by molar-refractivity contribution is -0.127. The predicted octanol–water partition coefficient (Wildman–Crippen LogP) is 4.83. The van der Waals surface area contributed by atoms with Gasteiger partial charge in [0.25, 0.3) is 11.1 Å². The number of amides is 3. The van der Waals surface area contributed by atoms with Gasteiger partial charge in [-0.15, -0.1) is 0 Å². The van der Waals surface area contributed by atoms with Crippen molar-refractivity contribution in [2.75, 3.05) is 25.6 Å². The van der Waals surface area contributed by atoms with Crippen LogP contribution < -0.4 is 14.8 Å². The van der Waals surface area contributed by atoms with Gasteiger partial charge in [0.2, 0.25) is 5.91 Å². The third kappa shape index (κ3) is 6.10. The summed E-state index contributed by atoms with van der Waals surface area (Å²) in [7, 11) is 1.50. The van der Waals surface area contributed by atoms with E-state index in [9.17, 15) is 23.2 Å². The zero-order chi connectivity index (χ0) is 24.0. The van der Waals surface area contributed by atoms with Crippen LogP contribution in [-0.4, -0.2) is 42.2 Å². The number of nitrogens with one attached hydrogen (secondary N) is 1. The predicted molar refractivity (Wildman–Crippen MR) is 121 cm³/mol. The van der Waals surface area contributed by atoms with Gasteiger partial charge < -0.3 is 14.8 Å². The van der Waals surface area contributed by atoms with Gasteiger partial charge in [0.1, 0.15) is 18.2 Å². The summed E-state index contributed by atoms with van der Waals surface area (Å²) >= 11 is 0.687. The minimum Gasteiger partial charge on any atom is -0.493 e. The maximum atomic E-state index is 13.7. The summed E-state index contributed by atoms with van der Waals surface area (Å²) in [4.78, 5) is 38.1. The van der Waals surface area contributed by atoms with E-state index in [0.717, 1.165) is 29.9 Å². The van der Waals surface area contributed by atoms with Crippen molar-refractivity contribution in [3.05, 3.63) is 58.5 Å². The number of hydrogen-bond donors (Lipinski definition) is 1. The molecule has 1 saturated heterocycles. The Labute approximate surface area is 193 Å². The Kier molecular flexibility index (Phi) is 8.05. The Morgan fingerprint density at radius 2 is 1.94 bits per heavy atom. The summed E-state index contributed by atoms with van der Waals surface area (Å²) in [5.74, 6) is -2.14. The van der Waals surface area contributed by atoms with Gasteiger partial charge >= 0.3 is 0 Å². The van der Waals surface area contributed by atoms with Gasteiger partial charge in [0, 0.05) is 6.07 Å². The molecule has 0 aromatic heterocycles. The van der Waals surface area contributed by atoms with Crippen LogP contribution in [0, 0.1) is 11.6 Å². The lowest BCUT2D eigenvalue weighted by atomic mass is 10.2. The van der Waals surface area contributed by atoms with Crippen molar-refractivity contribution in [3.8, 4) is 11.5 Å². The van der Waals surface area contributed by atoms with Crippen molar-refractivity contribution in [1.82, 2.24) is 4.90 Å². The first-order valence-corrected chi connectivity index (χ1v) is 10.9. The van der Waals surface area contributed by atoms with Crippen molar-refractivity contribution in [1.29, 1.82) is 0 Å². The molecular formula is C23H22F2N2O5S. The van der Waals surface area contributed by atoms with E-state index < -0.39 is 35.2 Å². The molecule has 0 saturated carbocycles. The van der Waals surface area contributed by atoms with E-state index in [1.54, 1.807) is 18.2 Å². The highest BCUT2D eigenvalue weighted by Crippen LogP contribution is 2.34. The minimum absolute atomic E-state index is 0.127. The number of halogens is 2. The van der Waals surface area contributed by atoms with E-state index in [-0.39, 0.29) is 10.6 Å².